The molecule has 1 saturated heterocycles. The predicted octanol–water partition coefficient (Wildman–Crippen LogP) is -1.62. The molecule has 0 aromatic carbocycles. The molecule has 136 valence electrons. The molecule has 7 N–H and O–H groups in total. The highest BCUT2D eigenvalue weighted by Crippen LogP contribution is 2.35. The van der Waals surface area contributed by atoms with Crippen LogP contribution >= 0.6 is 0 Å². The molecule has 0 spiro atoms. The number of hydrogen-bond acceptors (Lipinski definition) is 6. The molecular weight excluding hydrogens is 314 g/mol. The number of carbonyl (C=O) groups is 3. The summed E-state index contributed by atoms with van der Waals surface area (Å²) in [7, 11) is 0. The lowest BCUT2D eigenvalue weighted by molar-refractivity contribution is -0.142. The fraction of sp³-hybridized carbons (Fsp3) is 0.800. The lowest BCUT2D eigenvalue weighted by Crippen LogP contribution is -2.58. The molecule has 1 heterocycles. The van der Waals surface area contributed by atoms with Gasteiger partial charge in [-0.15, -0.1) is 0 Å². The van der Waals surface area contributed by atoms with Crippen molar-refractivity contribution < 1.29 is 19.5 Å². The third-order valence-electron chi connectivity index (χ3n) is 4.84. The SMILES string of the molecule is CC(=O)NC(C(=O)N1CCCC1)C1CC(C(=O)O)CC1NC(N)N. The van der Waals surface area contributed by atoms with E-state index in [0.29, 0.717) is 25.9 Å². The molecule has 0 bridgehead atoms. The van der Waals surface area contributed by atoms with Crippen LogP contribution < -0.4 is 22.1 Å². The van der Waals surface area contributed by atoms with Crippen LogP contribution in [-0.2, 0) is 14.4 Å². The smallest absolute Gasteiger partial charge is 0.306 e. The molecule has 1 saturated carbocycles. The number of nitrogens with one attached hydrogen (secondary N) is 2. The number of nitrogens with two attached hydrogens (primary N) is 2. The van der Waals surface area contributed by atoms with E-state index in [1.54, 1.807) is 4.90 Å². The van der Waals surface area contributed by atoms with Crippen molar-refractivity contribution in [1.82, 2.24) is 15.5 Å². The van der Waals surface area contributed by atoms with Gasteiger partial charge in [-0.05, 0) is 25.7 Å². The van der Waals surface area contributed by atoms with Crippen molar-refractivity contribution in [1.29, 1.82) is 0 Å². The van der Waals surface area contributed by atoms with Gasteiger partial charge >= 0.3 is 5.97 Å². The first-order valence-electron chi connectivity index (χ1n) is 8.35. The summed E-state index contributed by atoms with van der Waals surface area (Å²) < 4.78 is 0. The summed E-state index contributed by atoms with van der Waals surface area (Å²) in [5, 5.41) is 15.0. The highest BCUT2D eigenvalue weighted by Gasteiger charge is 2.45. The summed E-state index contributed by atoms with van der Waals surface area (Å²) in [6, 6.07) is -1.10. The second-order valence-corrected chi connectivity index (χ2v) is 6.68. The summed E-state index contributed by atoms with van der Waals surface area (Å²) in [6.45, 7) is 2.68. The number of nitrogens with zero attached hydrogens (tertiary/aromatic N) is 1. The van der Waals surface area contributed by atoms with Crippen LogP contribution in [0.5, 0.6) is 0 Å². The van der Waals surface area contributed by atoms with Gasteiger partial charge in [0.2, 0.25) is 11.8 Å². The zero-order valence-corrected chi connectivity index (χ0v) is 13.9. The minimum atomic E-state index is -0.912. The third-order valence-corrected chi connectivity index (χ3v) is 4.84. The zero-order chi connectivity index (χ0) is 17.9. The molecule has 0 aromatic heterocycles. The number of rotatable bonds is 6. The van der Waals surface area contributed by atoms with E-state index in [2.05, 4.69) is 10.6 Å². The third kappa shape index (κ3) is 4.43. The second-order valence-electron chi connectivity index (χ2n) is 6.68. The van der Waals surface area contributed by atoms with Crippen molar-refractivity contribution in [3.05, 3.63) is 0 Å². The quantitative estimate of drug-likeness (QED) is 0.364. The fourth-order valence-electron chi connectivity index (χ4n) is 3.78. The van der Waals surface area contributed by atoms with Crippen LogP contribution in [0.15, 0.2) is 0 Å². The van der Waals surface area contributed by atoms with Gasteiger partial charge in [0.05, 0.1) is 5.92 Å². The van der Waals surface area contributed by atoms with Gasteiger partial charge in [0.15, 0.2) is 0 Å². The van der Waals surface area contributed by atoms with Crippen LogP contribution in [0.1, 0.15) is 32.6 Å². The average molecular weight is 341 g/mol. The van der Waals surface area contributed by atoms with Crippen LogP contribution in [0.25, 0.3) is 0 Å². The Balaban J connectivity index is 2.21. The number of hydrogen-bond donors (Lipinski definition) is 5. The maximum absolute atomic E-state index is 12.8. The molecule has 1 aliphatic heterocycles. The first-order valence-corrected chi connectivity index (χ1v) is 8.35. The van der Waals surface area contributed by atoms with Gasteiger partial charge in [0, 0.05) is 32.0 Å². The van der Waals surface area contributed by atoms with Crippen molar-refractivity contribution >= 4 is 17.8 Å². The monoisotopic (exact) mass is 341 g/mol. The Labute approximate surface area is 141 Å². The Kier molecular flexibility index (Phi) is 6.14. The minimum absolute atomic E-state index is 0.156. The highest BCUT2D eigenvalue weighted by molar-refractivity contribution is 5.87. The fourth-order valence-corrected chi connectivity index (χ4v) is 3.78. The van der Waals surface area contributed by atoms with Crippen LogP contribution in [0, 0.1) is 11.8 Å². The van der Waals surface area contributed by atoms with Crippen molar-refractivity contribution in [2.45, 2.75) is 51.0 Å². The molecule has 2 aliphatic rings. The minimum Gasteiger partial charge on any atom is -0.481 e. The van der Waals surface area contributed by atoms with Crippen LogP contribution in [0.4, 0.5) is 0 Å². The Morgan fingerprint density at radius 2 is 1.79 bits per heavy atom. The normalized spacial score (nSPS) is 28.2. The summed E-state index contributed by atoms with van der Waals surface area (Å²) >= 11 is 0. The molecule has 9 heteroatoms. The summed E-state index contributed by atoms with van der Waals surface area (Å²) in [5.41, 5.74) is 11.2. The van der Waals surface area contributed by atoms with Crippen molar-refractivity contribution in [3.63, 3.8) is 0 Å². The number of amides is 2. The number of carboxylic acid groups (broad SMARTS) is 1. The molecular formula is C15H27N5O4. The highest BCUT2D eigenvalue weighted by atomic mass is 16.4. The van der Waals surface area contributed by atoms with E-state index in [1.165, 1.54) is 6.92 Å². The Morgan fingerprint density at radius 3 is 2.29 bits per heavy atom. The van der Waals surface area contributed by atoms with E-state index >= 15 is 0 Å². The second kappa shape index (κ2) is 7.91. The van der Waals surface area contributed by atoms with Gasteiger partial charge in [-0.1, -0.05) is 0 Å². The van der Waals surface area contributed by atoms with Crippen molar-refractivity contribution in [3.8, 4) is 0 Å². The van der Waals surface area contributed by atoms with Gasteiger partial charge < -0.3 is 26.8 Å². The van der Waals surface area contributed by atoms with Crippen LogP contribution in [0.3, 0.4) is 0 Å². The lowest BCUT2D eigenvalue weighted by Gasteiger charge is -2.32. The summed E-state index contributed by atoms with van der Waals surface area (Å²) in [5.74, 6) is -2.34. The Bertz CT molecular complexity index is 492. The number of carbonyl (C=O) groups excluding carboxylic acids is 2. The number of likely N-dealkylation sites (tertiary alicyclic amines) is 1. The van der Waals surface area contributed by atoms with E-state index in [9.17, 15) is 19.5 Å². The molecule has 4 unspecified atom stereocenters. The van der Waals surface area contributed by atoms with Crippen LogP contribution in [0.2, 0.25) is 0 Å². The topological polar surface area (TPSA) is 151 Å². The molecule has 0 aromatic rings. The van der Waals surface area contributed by atoms with E-state index in [4.69, 9.17) is 11.5 Å². The maximum atomic E-state index is 12.8. The number of carboxylic acids is 1. The molecule has 0 radical (unpaired) electrons. The lowest BCUT2D eigenvalue weighted by atomic mass is 9.92. The molecule has 4 atom stereocenters. The average Bonchev–Trinajstić information content (AvgIpc) is 3.12. The van der Waals surface area contributed by atoms with Gasteiger partial charge in [0.1, 0.15) is 12.3 Å². The molecule has 2 amide bonds. The van der Waals surface area contributed by atoms with E-state index in [1.807, 2.05) is 0 Å². The molecule has 9 nitrogen and oxygen atoms in total. The van der Waals surface area contributed by atoms with Gasteiger partial charge in [0.25, 0.3) is 0 Å². The van der Waals surface area contributed by atoms with E-state index < -0.39 is 24.2 Å². The molecule has 1 aliphatic carbocycles. The Hall–Kier alpha value is -1.71. The van der Waals surface area contributed by atoms with E-state index in [0.717, 1.165) is 12.8 Å². The van der Waals surface area contributed by atoms with Crippen LogP contribution in [-0.4, -0.2) is 59.3 Å². The maximum Gasteiger partial charge on any atom is 0.306 e. The van der Waals surface area contributed by atoms with Gasteiger partial charge in [-0.2, -0.15) is 0 Å². The first kappa shape index (κ1) is 18.6. The predicted molar refractivity (Wildman–Crippen MR) is 86.4 cm³/mol. The molecule has 2 rings (SSSR count). The van der Waals surface area contributed by atoms with Crippen molar-refractivity contribution in [2.24, 2.45) is 23.3 Å². The molecule has 24 heavy (non-hydrogen) atoms. The van der Waals surface area contributed by atoms with Gasteiger partial charge in [-0.25, -0.2) is 0 Å². The van der Waals surface area contributed by atoms with Crippen molar-refractivity contribution in [2.75, 3.05) is 13.1 Å². The number of aliphatic carboxylic acids is 1. The van der Waals surface area contributed by atoms with E-state index in [-0.39, 0.29) is 23.8 Å². The molecule has 2 fully saturated rings. The summed E-state index contributed by atoms with van der Waals surface area (Å²) in [6.07, 6.45) is 1.69. The first-order chi connectivity index (χ1) is 11.3. The Morgan fingerprint density at radius 1 is 1.17 bits per heavy atom. The standard InChI is InChI=1S/C15H27N5O4/c1-8(21)18-12(13(22)20-4-2-3-5-20)10-6-9(14(23)24)7-11(10)19-15(16)17/h9-12,15,19H,2-7,16-17H2,1H3,(H,18,21)(H,23,24). The summed E-state index contributed by atoms with van der Waals surface area (Å²) in [4.78, 5) is 37.6. The van der Waals surface area contributed by atoms with Gasteiger partial charge in [-0.3, -0.25) is 19.7 Å². The zero-order valence-electron chi connectivity index (χ0n) is 13.9. The largest absolute Gasteiger partial charge is 0.481 e.